The van der Waals surface area contributed by atoms with Crippen LogP contribution in [0.4, 0.5) is 0 Å². The van der Waals surface area contributed by atoms with Gasteiger partial charge in [0.25, 0.3) is 0 Å². The number of carboxylic acid groups (broad SMARTS) is 1. The molecule has 0 saturated carbocycles. The van der Waals surface area contributed by atoms with Crippen molar-refractivity contribution >= 4 is 17.0 Å². The lowest BCUT2D eigenvalue weighted by atomic mass is 10.3. The van der Waals surface area contributed by atoms with Crippen molar-refractivity contribution in [2.75, 3.05) is 20.7 Å². The van der Waals surface area contributed by atoms with Gasteiger partial charge in [0.15, 0.2) is 0 Å². The average molecular weight is 291 g/mol. The van der Waals surface area contributed by atoms with Gasteiger partial charge in [-0.2, -0.15) is 0 Å². The van der Waals surface area contributed by atoms with E-state index in [0.717, 1.165) is 22.6 Å². The third kappa shape index (κ3) is 3.72. The Bertz CT molecular complexity index is 634. The number of imidazole rings is 1. The van der Waals surface area contributed by atoms with E-state index >= 15 is 0 Å². The maximum atomic E-state index is 10.8. The number of carbonyl (C=O) groups is 1. The highest BCUT2D eigenvalue weighted by Gasteiger charge is 2.13. The number of aryl methyl sites for hydroxylation is 1. The highest BCUT2D eigenvalue weighted by atomic mass is 16.5. The molecular formula is C15H21N3O3. The second-order valence-corrected chi connectivity index (χ2v) is 5.14. The first-order chi connectivity index (χ1) is 10.0. The van der Waals surface area contributed by atoms with Gasteiger partial charge in [-0.3, -0.25) is 4.79 Å². The quantitative estimate of drug-likeness (QED) is 0.844. The summed E-state index contributed by atoms with van der Waals surface area (Å²) in [5.41, 5.74) is 1.78. The molecule has 0 spiro atoms. The number of aliphatic carboxylic acids is 1. The van der Waals surface area contributed by atoms with E-state index in [-0.39, 0.29) is 6.42 Å². The number of fused-ring (bicyclic) bond motifs is 1. The fraction of sp³-hybridized carbons (Fsp3) is 0.467. The SMILES string of the molecule is CCOc1ccc2c(c1)nc(CN(C)C)n2CCC(=O)O. The van der Waals surface area contributed by atoms with Gasteiger partial charge in [0.2, 0.25) is 0 Å². The summed E-state index contributed by atoms with van der Waals surface area (Å²) in [6.07, 6.45) is 0.0824. The molecule has 0 unspecified atom stereocenters. The number of hydrogen-bond donors (Lipinski definition) is 1. The molecule has 0 fully saturated rings. The summed E-state index contributed by atoms with van der Waals surface area (Å²) in [6, 6.07) is 5.73. The molecule has 0 amide bonds. The number of nitrogens with zero attached hydrogens (tertiary/aromatic N) is 3. The highest BCUT2D eigenvalue weighted by Crippen LogP contribution is 2.23. The topological polar surface area (TPSA) is 67.6 Å². The highest BCUT2D eigenvalue weighted by molar-refractivity contribution is 5.78. The molecule has 21 heavy (non-hydrogen) atoms. The molecule has 0 aliphatic carbocycles. The van der Waals surface area contributed by atoms with Crippen LogP contribution in [0.2, 0.25) is 0 Å². The standard InChI is InChI=1S/C15H21N3O3/c1-4-21-11-5-6-13-12(9-11)16-14(10-17(2)3)18(13)8-7-15(19)20/h5-6,9H,4,7-8,10H2,1-3H3,(H,19,20). The molecule has 6 heteroatoms. The van der Waals surface area contributed by atoms with E-state index < -0.39 is 5.97 Å². The second kappa shape index (κ2) is 6.58. The van der Waals surface area contributed by atoms with E-state index in [9.17, 15) is 4.79 Å². The third-order valence-corrected chi connectivity index (χ3v) is 3.12. The van der Waals surface area contributed by atoms with Crippen molar-refractivity contribution in [3.05, 3.63) is 24.0 Å². The van der Waals surface area contributed by atoms with Crippen LogP contribution in [0, 0.1) is 0 Å². The Morgan fingerprint density at radius 1 is 1.43 bits per heavy atom. The second-order valence-electron chi connectivity index (χ2n) is 5.14. The van der Waals surface area contributed by atoms with Crippen LogP contribution < -0.4 is 4.74 Å². The summed E-state index contributed by atoms with van der Waals surface area (Å²) < 4.78 is 7.46. The smallest absolute Gasteiger partial charge is 0.305 e. The molecule has 0 radical (unpaired) electrons. The summed E-state index contributed by atoms with van der Waals surface area (Å²) in [5, 5.41) is 8.91. The van der Waals surface area contributed by atoms with Crippen molar-refractivity contribution in [2.45, 2.75) is 26.4 Å². The summed E-state index contributed by atoms with van der Waals surface area (Å²) in [6.45, 7) is 3.63. The van der Waals surface area contributed by atoms with Gasteiger partial charge in [0, 0.05) is 12.6 Å². The number of hydrogen-bond acceptors (Lipinski definition) is 4. The first-order valence-electron chi connectivity index (χ1n) is 6.99. The number of aromatic nitrogens is 2. The lowest BCUT2D eigenvalue weighted by Crippen LogP contribution is -2.16. The fourth-order valence-corrected chi connectivity index (χ4v) is 2.28. The Morgan fingerprint density at radius 2 is 2.19 bits per heavy atom. The lowest BCUT2D eigenvalue weighted by Gasteiger charge is -2.12. The maximum absolute atomic E-state index is 10.8. The van der Waals surface area contributed by atoms with Gasteiger partial charge >= 0.3 is 5.97 Å². The van der Waals surface area contributed by atoms with Gasteiger partial charge in [-0.15, -0.1) is 0 Å². The van der Waals surface area contributed by atoms with Gasteiger partial charge in [-0.25, -0.2) is 4.98 Å². The summed E-state index contributed by atoms with van der Waals surface area (Å²) in [7, 11) is 3.93. The van der Waals surface area contributed by atoms with Crippen LogP contribution in [0.25, 0.3) is 11.0 Å². The molecule has 0 atom stereocenters. The molecule has 6 nitrogen and oxygen atoms in total. The van der Waals surface area contributed by atoms with E-state index in [2.05, 4.69) is 4.98 Å². The molecule has 1 aromatic heterocycles. The van der Waals surface area contributed by atoms with Crippen molar-refractivity contribution in [2.24, 2.45) is 0 Å². The molecule has 1 heterocycles. The molecule has 1 N–H and O–H groups in total. The lowest BCUT2D eigenvalue weighted by molar-refractivity contribution is -0.137. The first-order valence-corrected chi connectivity index (χ1v) is 6.99. The zero-order valence-electron chi connectivity index (χ0n) is 12.7. The Kier molecular flexibility index (Phi) is 4.80. The molecule has 0 saturated heterocycles. The predicted octanol–water partition coefficient (Wildman–Crippen LogP) is 1.97. The van der Waals surface area contributed by atoms with Crippen molar-refractivity contribution in [1.29, 1.82) is 0 Å². The third-order valence-electron chi connectivity index (χ3n) is 3.12. The minimum absolute atomic E-state index is 0.0824. The number of carboxylic acids is 1. The van der Waals surface area contributed by atoms with Crippen LogP contribution in [-0.2, 0) is 17.9 Å². The zero-order valence-corrected chi connectivity index (χ0v) is 12.7. The summed E-state index contributed by atoms with van der Waals surface area (Å²) >= 11 is 0. The molecule has 0 aliphatic heterocycles. The first kappa shape index (κ1) is 15.3. The van der Waals surface area contributed by atoms with Crippen molar-refractivity contribution in [3.63, 3.8) is 0 Å². The minimum Gasteiger partial charge on any atom is -0.494 e. The maximum Gasteiger partial charge on any atom is 0.305 e. The van der Waals surface area contributed by atoms with E-state index in [1.54, 1.807) is 0 Å². The Labute approximate surface area is 124 Å². The van der Waals surface area contributed by atoms with Crippen LogP contribution in [0.3, 0.4) is 0 Å². The normalized spacial score (nSPS) is 11.2. The van der Waals surface area contributed by atoms with Gasteiger partial charge < -0.3 is 19.3 Å². The monoisotopic (exact) mass is 291 g/mol. The predicted molar refractivity (Wildman–Crippen MR) is 80.5 cm³/mol. The van der Waals surface area contributed by atoms with Gasteiger partial charge in [-0.05, 0) is 33.2 Å². The van der Waals surface area contributed by atoms with Crippen molar-refractivity contribution < 1.29 is 14.6 Å². The van der Waals surface area contributed by atoms with Crippen molar-refractivity contribution in [1.82, 2.24) is 14.5 Å². The average Bonchev–Trinajstić information content (AvgIpc) is 2.72. The molecular weight excluding hydrogens is 270 g/mol. The Morgan fingerprint density at radius 3 is 2.81 bits per heavy atom. The van der Waals surface area contributed by atoms with Crippen molar-refractivity contribution in [3.8, 4) is 5.75 Å². The summed E-state index contributed by atoms with van der Waals surface area (Å²) in [4.78, 5) is 17.5. The molecule has 0 aliphatic rings. The zero-order chi connectivity index (χ0) is 15.4. The summed E-state index contributed by atoms with van der Waals surface area (Å²) in [5.74, 6) is 0.841. The minimum atomic E-state index is -0.807. The molecule has 1 aromatic carbocycles. The molecule has 2 aromatic rings. The van der Waals surface area contributed by atoms with Crippen LogP contribution in [0.5, 0.6) is 5.75 Å². The van der Waals surface area contributed by atoms with E-state index in [4.69, 9.17) is 9.84 Å². The number of rotatable bonds is 7. The van der Waals surface area contributed by atoms with Gasteiger partial charge in [-0.1, -0.05) is 0 Å². The largest absolute Gasteiger partial charge is 0.494 e. The number of ether oxygens (including phenoxy) is 1. The van der Waals surface area contributed by atoms with E-state index in [1.165, 1.54) is 0 Å². The molecule has 2 rings (SSSR count). The van der Waals surface area contributed by atoms with E-state index in [1.807, 2.05) is 48.7 Å². The van der Waals surface area contributed by atoms with Gasteiger partial charge in [0.1, 0.15) is 11.6 Å². The molecule has 114 valence electrons. The Hall–Kier alpha value is -2.08. The number of benzene rings is 1. The fourth-order valence-electron chi connectivity index (χ4n) is 2.28. The van der Waals surface area contributed by atoms with Crippen LogP contribution in [0.1, 0.15) is 19.2 Å². The molecule has 0 bridgehead atoms. The van der Waals surface area contributed by atoms with Crippen LogP contribution in [0.15, 0.2) is 18.2 Å². The Balaban J connectivity index is 2.41. The van der Waals surface area contributed by atoms with Crippen LogP contribution in [-0.4, -0.2) is 46.2 Å². The van der Waals surface area contributed by atoms with Gasteiger partial charge in [0.05, 0.1) is 30.6 Å². The van der Waals surface area contributed by atoms with E-state index in [0.29, 0.717) is 19.7 Å². The van der Waals surface area contributed by atoms with Crippen LogP contribution >= 0.6 is 0 Å².